The Kier molecular flexibility index (Phi) is 1.91. The van der Waals surface area contributed by atoms with Crippen molar-refractivity contribution in [1.29, 1.82) is 0 Å². The zero-order valence-corrected chi connectivity index (χ0v) is 8.48. The van der Waals surface area contributed by atoms with E-state index in [1.165, 1.54) is 12.1 Å². The number of nitro benzene ring substituents is 1. The fourth-order valence-corrected chi connectivity index (χ4v) is 1.86. The number of fused-ring (bicyclic) bond motifs is 1. The molecular weight excluding hydrogens is 285 g/mol. The molecule has 5 nitrogen and oxygen atoms in total. The van der Waals surface area contributed by atoms with Crippen LogP contribution in [0.2, 0.25) is 0 Å². The standard InChI is InChI=1S/C7H4IN3O2/c8-6-2-5(11(12)13)1-4-3-9-10-7(4)6/h1-3H,(H,9,10). The van der Waals surface area contributed by atoms with Crippen molar-refractivity contribution in [3.63, 3.8) is 0 Å². The molecule has 0 saturated heterocycles. The molecular formula is C7H4IN3O2. The minimum Gasteiger partial charge on any atom is -0.277 e. The molecule has 0 fully saturated rings. The smallest absolute Gasteiger partial charge is 0.271 e. The summed E-state index contributed by atoms with van der Waals surface area (Å²) in [6.45, 7) is 0. The number of halogens is 1. The van der Waals surface area contributed by atoms with Gasteiger partial charge in [-0.2, -0.15) is 5.10 Å². The molecule has 2 aromatic rings. The fraction of sp³-hybridized carbons (Fsp3) is 0. The van der Waals surface area contributed by atoms with E-state index in [1.807, 2.05) is 22.6 Å². The van der Waals surface area contributed by atoms with E-state index in [0.29, 0.717) is 0 Å². The number of aromatic nitrogens is 2. The third-order valence-electron chi connectivity index (χ3n) is 1.70. The second-order valence-corrected chi connectivity index (χ2v) is 3.68. The number of rotatable bonds is 1. The lowest BCUT2D eigenvalue weighted by molar-refractivity contribution is -0.384. The van der Waals surface area contributed by atoms with Crippen molar-refractivity contribution in [2.75, 3.05) is 0 Å². The maximum Gasteiger partial charge on any atom is 0.271 e. The van der Waals surface area contributed by atoms with Crippen molar-refractivity contribution in [2.45, 2.75) is 0 Å². The highest BCUT2D eigenvalue weighted by Gasteiger charge is 2.10. The van der Waals surface area contributed by atoms with Crippen molar-refractivity contribution in [3.05, 3.63) is 32.0 Å². The van der Waals surface area contributed by atoms with Gasteiger partial charge in [0.1, 0.15) is 0 Å². The topological polar surface area (TPSA) is 71.8 Å². The van der Waals surface area contributed by atoms with E-state index < -0.39 is 4.92 Å². The first-order valence-corrected chi connectivity index (χ1v) is 4.53. The van der Waals surface area contributed by atoms with Gasteiger partial charge in [0.15, 0.2) is 0 Å². The molecule has 0 saturated carbocycles. The Morgan fingerprint density at radius 3 is 3.00 bits per heavy atom. The van der Waals surface area contributed by atoms with Crippen molar-refractivity contribution in [2.24, 2.45) is 0 Å². The average Bonchev–Trinajstić information content (AvgIpc) is 2.51. The van der Waals surface area contributed by atoms with Crippen molar-refractivity contribution < 1.29 is 4.92 Å². The number of H-pyrrole nitrogens is 1. The van der Waals surface area contributed by atoms with E-state index in [0.717, 1.165) is 14.5 Å². The third-order valence-corrected chi connectivity index (χ3v) is 2.55. The summed E-state index contributed by atoms with van der Waals surface area (Å²) in [7, 11) is 0. The lowest BCUT2D eigenvalue weighted by atomic mass is 10.2. The monoisotopic (exact) mass is 289 g/mol. The van der Waals surface area contributed by atoms with Gasteiger partial charge in [-0.3, -0.25) is 15.2 Å². The first-order chi connectivity index (χ1) is 6.18. The number of aromatic amines is 1. The van der Waals surface area contributed by atoms with Crippen molar-refractivity contribution >= 4 is 39.2 Å². The molecule has 0 radical (unpaired) electrons. The van der Waals surface area contributed by atoms with Crippen LogP contribution >= 0.6 is 22.6 Å². The minimum absolute atomic E-state index is 0.0956. The van der Waals surface area contributed by atoms with Crippen LogP contribution in [-0.2, 0) is 0 Å². The second kappa shape index (κ2) is 2.95. The number of nitrogens with one attached hydrogen (secondary N) is 1. The van der Waals surface area contributed by atoms with E-state index in [4.69, 9.17) is 0 Å². The van der Waals surface area contributed by atoms with Crippen LogP contribution in [0.3, 0.4) is 0 Å². The molecule has 0 amide bonds. The highest BCUT2D eigenvalue weighted by atomic mass is 127. The Hall–Kier alpha value is -1.18. The minimum atomic E-state index is -0.408. The van der Waals surface area contributed by atoms with Crippen LogP contribution in [0, 0.1) is 13.7 Å². The number of hydrogen-bond acceptors (Lipinski definition) is 3. The van der Waals surface area contributed by atoms with Crippen LogP contribution in [0.15, 0.2) is 18.3 Å². The van der Waals surface area contributed by atoms with E-state index in [-0.39, 0.29) is 5.69 Å². The number of nitrogens with zero attached hydrogens (tertiary/aromatic N) is 2. The van der Waals surface area contributed by atoms with Gasteiger partial charge in [0.2, 0.25) is 0 Å². The van der Waals surface area contributed by atoms with Gasteiger partial charge in [-0.05, 0) is 22.6 Å². The highest BCUT2D eigenvalue weighted by molar-refractivity contribution is 14.1. The predicted molar refractivity (Wildman–Crippen MR) is 55.5 cm³/mol. The van der Waals surface area contributed by atoms with Gasteiger partial charge < -0.3 is 0 Å². The van der Waals surface area contributed by atoms with Gasteiger partial charge in [-0.1, -0.05) is 0 Å². The molecule has 2 rings (SSSR count). The molecule has 0 aliphatic carbocycles. The Morgan fingerprint density at radius 2 is 2.31 bits per heavy atom. The molecule has 1 heterocycles. The summed E-state index contributed by atoms with van der Waals surface area (Å²) in [6.07, 6.45) is 1.57. The van der Waals surface area contributed by atoms with Crippen molar-refractivity contribution in [3.8, 4) is 0 Å². The average molecular weight is 289 g/mol. The van der Waals surface area contributed by atoms with Gasteiger partial charge in [-0.15, -0.1) is 0 Å². The van der Waals surface area contributed by atoms with E-state index >= 15 is 0 Å². The molecule has 1 aromatic carbocycles. The van der Waals surface area contributed by atoms with Crippen LogP contribution in [0.1, 0.15) is 0 Å². The Morgan fingerprint density at radius 1 is 1.54 bits per heavy atom. The summed E-state index contributed by atoms with van der Waals surface area (Å²) in [5.74, 6) is 0. The molecule has 13 heavy (non-hydrogen) atoms. The Bertz CT molecular complexity index is 480. The summed E-state index contributed by atoms with van der Waals surface area (Å²) < 4.78 is 0.805. The van der Waals surface area contributed by atoms with Crippen LogP contribution in [0.4, 0.5) is 5.69 Å². The summed E-state index contributed by atoms with van der Waals surface area (Å²) >= 11 is 2.04. The molecule has 0 aliphatic rings. The maximum absolute atomic E-state index is 10.5. The van der Waals surface area contributed by atoms with Gasteiger partial charge in [0.25, 0.3) is 5.69 Å². The summed E-state index contributed by atoms with van der Waals surface area (Å²) in [6, 6.07) is 3.02. The van der Waals surface area contributed by atoms with Crippen LogP contribution in [0.5, 0.6) is 0 Å². The highest BCUT2D eigenvalue weighted by Crippen LogP contribution is 2.24. The lowest BCUT2D eigenvalue weighted by Gasteiger charge is -1.94. The Balaban J connectivity index is 2.77. The van der Waals surface area contributed by atoms with E-state index in [2.05, 4.69) is 10.2 Å². The molecule has 6 heteroatoms. The molecule has 1 aromatic heterocycles. The zero-order chi connectivity index (χ0) is 9.42. The van der Waals surface area contributed by atoms with E-state index in [1.54, 1.807) is 6.20 Å². The SMILES string of the molecule is O=[N+]([O-])c1cc(I)c2[nH]ncc2c1. The molecule has 0 aliphatic heterocycles. The van der Waals surface area contributed by atoms with Crippen molar-refractivity contribution in [1.82, 2.24) is 10.2 Å². The molecule has 0 spiro atoms. The molecule has 0 unspecified atom stereocenters. The normalized spacial score (nSPS) is 10.5. The number of non-ortho nitro benzene ring substituents is 1. The lowest BCUT2D eigenvalue weighted by Crippen LogP contribution is -1.88. The van der Waals surface area contributed by atoms with Crippen LogP contribution in [-0.4, -0.2) is 15.1 Å². The zero-order valence-electron chi connectivity index (χ0n) is 6.32. The van der Waals surface area contributed by atoms with Crippen LogP contribution in [0.25, 0.3) is 10.9 Å². The largest absolute Gasteiger partial charge is 0.277 e. The van der Waals surface area contributed by atoms with Gasteiger partial charge >= 0.3 is 0 Å². The molecule has 1 N–H and O–H groups in total. The summed E-state index contributed by atoms with van der Waals surface area (Å²) in [5.41, 5.74) is 0.935. The quantitative estimate of drug-likeness (QED) is 0.496. The maximum atomic E-state index is 10.5. The molecule has 0 atom stereocenters. The second-order valence-electron chi connectivity index (χ2n) is 2.52. The first-order valence-electron chi connectivity index (χ1n) is 3.45. The molecule has 0 bridgehead atoms. The number of nitro groups is 1. The van der Waals surface area contributed by atoms with Gasteiger partial charge in [0, 0.05) is 21.1 Å². The first kappa shape index (κ1) is 8.42. The number of benzene rings is 1. The number of hydrogen-bond donors (Lipinski definition) is 1. The molecule has 66 valence electrons. The van der Waals surface area contributed by atoms with E-state index in [9.17, 15) is 10.1 Å². The van der Waals surface area contributed by atoms with Crippen LogP contribution < -0.4 is 0 Å². The summed E-state index contributed by atoms with van der Waals surface area (Å²) in [5, 5.41) is 17.8. The third kappa shape index (κ3) is 1.37. The van der Waals surface area contributed by atoms with Gasteiger partial charge in [0.05, 0.1) is 16.6 Å². The van der Waals surface area contributed by atoms with Gasteiger partial charge in [-0.25, -0.2) is 0 Å². The predicted octanol–water partition coefficient (Wildman–Crippen LogP) is 2.08. The Labute approximate surface area is 86.4 Å². The fourth-order valence-electron chi connectivity index (χ4n) is 1.10. The summed E-state index contributed by atoms with van der Waals surface area (Å²) in [4.78, 5) is 10.1.